The molecular weight excluding hydrogens is 163 g/mol. The van der Waals surface area contributed by atoms with Crippen molar-refractivity contribution in [2.45, 2.75) is 26.2 Å². The molecule has 13 heavy (non-hydrogen) atoms. The van der Waals surface area contributed by atoms with Crippen molar-refractivity contribution in [3.63, 3.8) is 0 Å². The maximum Gasteiger partial charge on any atom is 0.126 e. The van der Waals surface area contributed by atoms with Gasteiger partial charge in [0.25, 0.3) is 0 Å². The molecule has 1 aromatic rings. The Labute approximate surface area is 79.1 Å². The first-order valence-electron chi connectivity index (χ1n) is 4.52. The molecule has 0 spiro atoms. The largest absolute Gasteiger partial charge is 0.207 e. The fourth-order valence-corrected chi connectivity index (χ4v) is 1.41. The van der Waals surface area contributed by atoms with Crippen LogP contribution >= 0.6 is 0 Å². The molecule has 0 N–H and O–H groups in total. The molecule has 1 atom stereocenters. The summed E-state index contributed by atoms with van der Waals surface area (Å²) in [7, 11) is 0. The second-order valence-corrected chi connectivity index (χ2v) is 3.45. The minimum atomic E-state index is -0.102. The molecule has 0 fully saturated rings. The number of allylic oxidation sites excluding steroid dienone is 1. The molecule has 0 saturated heterocycles. The smallest absolute Gasteiger partial charge is 0.126 e. The van der Waals surface area contributed by atoms with E-state index in [2.05, 4.69) is 6.58 Å². The fourth-order valence-electron chi connectivity index (χ4n) is 1.41. The van der Waals surface area contributed by atoms with Gasteiger partial charge in [0.2, 0.25) is 0 Å². The second-order valence-electron chi connectivity index (χ2n) is 3.45. The van der Waals surface area contributed by atoms with Gasteiger partial charge in [-0.2, -0.15) is 0 Å². The Morgan fingerprint density at radius 3 is 2.77 bits per heavy atom. The van der Waals surface area contributed by atoms with E-state index in [9.17, 15) is 4.39 Å². The number of halogens is 1. The Morgan fingerprint density at radius 1 is 1.54 bits per heavy atom. The molecular formula is C12H15F. The molecule has 1 unspecified atom stereocenters. The molecule has 0 radical (unpaired) electrons. The van der Waals surface area contributed by atoms with E-state index in [0.29, 0.717) is 0 Å². The summed E-state index contributed by atoms with van der Waals surface area (Å²) >= 11 is 0. The van der Waals surface area contributed by atoms with Gasteiger partial charge in [0.15, 0.2) is 0 Å². The number of benzene rings is 1. The molecule has 0 aromatic heterocycles. The Bertz CT molecular complexity index is 302. The van der Waals surface area contributed by atoms with Crippen molar-refractivity contribution >= 4 is 0 Å². The van der Waals surface area contributed by atoms with Crippen LogP contribution in [0.15, 0.2) is 30.9 Å². The summed E-state index contributed by atoms with van der Waals surface area (Å²) in [6, 6.07) is 5.38. The summed E-state index contributed by atoms with van der Waals surface area (Å²) in [4.78, 5) is 0. The number of rotatable bonds is 3. The van der Waals surface area contributed by atoms with Crippen LogP contribution in [0.3, 0.4) is 0 Å². The summed E-state index contributed by atoms with van der Waals surface area (Å²) in [5.41, 5.74) is 1.75. The van der Waals surface area contributed by atoms with E-state index in [4.69, 9.17) is 0 Å². The van der Waals surface area contributed by atoms with Gasteiger partial charge in [0, 0.05) is 0 Å². The molecule has 70 valence electrons. The minimum Gasteiger partial charge on any atom is -0.207 e. The number of hydrogen-bond acceptors (Lipinski definition) is 0. The van der Waals surface area contributed by atoms with Gasteiger partial charge in [-0.05, 0) is 36.5 Å². The standard InChI is InChI=1S/C12H15F/c1-4-5-10(3)11-7-6-9(2)8-12(11)13/h4,6-8,10H,1,5H2,2-3H3. The zero-order valence-electron chi connectivity index (χ0n) is 8.18. The molecule has 0 aliphatic carbocycles. The molecule has 0 aliphatic rings. The van der Waals surface area contributed by atoms with Crippen LogP contribution in [-0.2, 0) is 0 Å². The van der Waals surface area contributed by atoms with Gasteiger partial charge in [0.1, 0.15) is 5.82 Å². The van der Waals surface area contributed by atoms with E-state index in [1.807, 2.05) is 32.1 Å². The fraction of sp³-hybridized carbons (Fsp3) is 0.333. The van der Waals surface area contributed by atoms with Gasteiger partial charge in [-0.3, -0.25) is 0 Å². The monoisotopic (exact) mass is 178 g/mol. The molecule has 1 heteroatoms. The maximum absolute atomic E-state index is 13.4. The molecule has 0 bridgehead atoms. The zero-order valence-corrected chi connectivity index (χ0v) is 8.18. The summed E-state index contributed by atoms with van der Waals surface area (Å²) in [6.45, 7) is 7.55. The van der Waals surface area contributed by atoms with Gasteiger partial charge < -0.3 is 0 Å². The first-order valence-corrected chi connectivity index (χ1v) is 4.52. The maximum atomic E-state index is 13.4. The quantitative estimate of drug-likeness (QED) is 0.617. The molecule has 0 aliphatic heterocycles. The van der Waals surface area contributed by atoms with Crippen molar-refractivity contribution in [1.29, 1.82) is 0 Å². The lowest BCUT2D eigenvalue weighted by Crippen LogP contribution is -1.96. The van der Waals surface area contributed by atoms with Crippen LogP contribution in [0.5, 0.6) is 0 Å². The highest BCUT2D eigenvalue weighted by Crippen LogP contribution is 2.22. The third kappa shape index (κ3) is 2.41. The van der Waals surface area contributed by atoms with E-state index in [0.717, 1.165) is 17.5 Å². The normalized spacial score (nSPS) is 12.5. The van der Waals surface area contributed by atoms with Crippen LogP contribution in [0.2, 0.25) is 0 Å². The Balaban J connectivity index is 2.94. The predicted octanol–water partition coefficient (Wildman–Crippen LogP) is 3.81. The molecule has 0 nitrogen and oxygen atoms in total. The average molecular weight is 178 g/mol. The van der Waals surface area contributed by atoms with E-state index >= 15 is 0 Å². The van der Waals surface area contributed by atoms with E-state index < -0.39 is 0 Å². The Kier molecular flexibility index (Phi) is 3.24. The highest BCUT2D eigenvalue weighted by atomic mass is 19.1. The van der Waals surface area contributed by atoms with Gasteiger partial charge >= 0.3 is 0 Å². The van der Waals surface area contributed by atoms with Crippen LogP contribution < -0.4 is 0 Å². The molecule has 0 amide bonds. The topological polar surface area (TPSA) is 0 Å². The first kappa shape index (κ1) is 9.97. The van der Waals surface area contributed by atoms with Crippen molar-refractivity contribution in [3.05, 3.63) is 47.8 Å². The van der Waals surface area contributed by atoms with Crippen molar-refractivity contribution in [3.8, 4) is 0 Å². The molecule has 1 aromatic carbocycles. The van der Waals surface area contributed by atoms with Crippen LogP contribution in [0.4, 0.5) is 4.39 Å². The number of hydrogen-bond donors (Lipinski definition) is 0. The van der Waals surface area contributed by atoms with Crippen LogP contribution in [-0.4, -0.2) is 0 Å². The molecule has 0 heterocycles. The van der Waals surface area contributed by atoms with Crippen LogP contribution in [0.1, 0.15) is 30.4 Å². The van der Waals surface area contributed by atoms with Gasteiger partial charge in [-0.15, -0.1) is 6.58 Å². The number of aryl methyl sites for hydroxylation is 1. The summed E-state index contributed by atoms with van der Waals surface area (Å²) in [5.74, 6) is 0.118. The van der Waals surface area contributed by atoms with Crippen molar-refractivity contribution in [1.82, 2.24) is 0 Å². The third-order valence-electron chi connectivity index (χ3n) is 2.21. The minimum absolute atomic E-state index is 0.102. The zero-order chi connectivity index (χ0) is 9.84. The summed E-state index contributed by atoms with van der Waals surface area (Å²) in [6.07, 6.45) is 2.64. The van der Waals surface area contributed by atoms with Crippen molar-refractivity contribution in [2.75, 3.05) is 0 Å². The lowest BCUT2D eigenvalue weighted by atomic mass is 9.96. The highest BCUT2D eigenvalue weighted by Gasteiger charge is 2.08. The highest BCUT2D eigenvalue weighted by molar-refractivity contribution is 5.26. The lowest BCUT2D eigenvalue weighted by molar-refractivity contribution is 0.589. The van der Waals surface area contributed by atoms with Crippen LogP contribution in [0.25, 0.3) is 0 Å². The Morgan fingerprint density at radius 2 is 2.23 bits per heavy atom. The average Bonchev–Trinajstić information content (AvgIpc) is 2.04. The van der Waals surface area contributed by atoms with Crippen molar-refractivity contribution in [2.24, 2.45) is 0 Å². The van der Waals surface area contributed by atoms with Gasteiger partial charge in [-0.1, -0.05) is 25.1 Å². The van der Waals surface area contributed by atoms with E-state index in [1.165, 1.54) is 0 Å². The predicted molar refractivity (Wildman–Crippen MR) is 54.4 cm³/mol. The van der Waals surface area contributed by atoms with E-state index in [-0.39, 0.29) is 11.7 Å². The van der Waals surface area contributed by atoms with Crippen LogP contribution in [0, 0.1) is 12.7 Å². The lowest BCUT2D eigenvalue weighted by Gasteiger charge is -2.10. The second kappa shape index (κ2) is 4.22. The third-order valence-corrected chi connectivity index (χ3v) is 2.21. The van der Waals surface area contributed by atoms with Crippen molar-refractivity contribution < 1.29 is 4.39 Å². The van der Waals surface area contributed by atoms with Gasteiger partial charge in [-0.25, -0.2) is 4.39 Å². The SMILES string of the molecule is C=CCC(C)c1ccc(C)cc1F. The Hall–Kier alpha value is -1.11. The summed E-state index contributed by atoms with van der Waals surface area (Å²) in [5, 5.41) is 0. The van der Waals surface area contributed by atoms with E-state index in [1.54, 1.807) is 6.07 Å². The molecule has 0 saturated carbocycles. The van der Waals surface area contributed by atoms with Gasteiger partial charge in [0.05, 0.1) is 0 Å². The molecule has 1 rings (SSSR count). The first-order chi connectivity index (χ1) is 6.15. The summed E-state index contributed by atoms with van der Waals surface area (Å²) < 4.78 is 13.4.